The second kappa shape index (κ2) is 5.16. The van der Waals surface area contributed by atoms with Crippen LogP contribution in [0.15, 0.2) is 29.4 Å². The number of rotatable bonds is 3. The van der Waals surface area contributed by atoms with Crippen molar-refractivity contribution in [3.63, 3.8) is 0 Å². The summed E-state index contributed by atoms with van der Waals surface area (Å²) in [5.41, 5.74) is 2.85. The van der Waals surface area contributed by atoms with E-state index in [1.165, 1.54) is 6.20 Å². The standard InChI is InChI=1S/C14H18N4O2S/c1-10-16-14(9-18(10)2)21(19,20)17-13-5-3-4-11-8-15-7-6-12(11)13/h3-5,9,15,17H,6-8H2,1-2H3. The minimum Gasteiger partial charge on any atom is -0.337 e. The lowest BCUT2D eigenvalue weighted by atomic mass is 9.99. The molecule has 21 heavy (non-hydrogen) atoms. The molecule has 0 saturated heterocycles. The zero-order chi connectivity index (χ0) is 15.0. The Hall–Kier alpha value is -1.86. The van der Waals surface area contributed by atoms with Crippen molar-refractivity contribution in [3.8, 4) is 0 Å². The van der Waals surface area contributed by atoms with Gasteiger partial charge in [0.1, 0.15) is 5.82 Å². The Bertz CT molecular complexity index is 761. The maximum atomic E-state index is 12.5. The highest BCUT2D eigenvalue weighted by atomic mass is 32.2. The molecular formula is C14H18N4O2S. The Labute approximate surface area is 124 Å². The molecule has 1 aromatic heterocycles. The third-order valence-corrected chi connectivity index (χ3v) is 4.98. The van der Waals surface area contributed by atoms with E-state index < -0.39 is 10.0 Å². The van der Waals surface area contributed by atoms with Crippen LogP contribution < -0.4 is 10.0 Å². The summed E-state index contributed by atoms with van der Waals surface area (Å²) in [7, 11) is -1.88. The molecule has 1 aromatic carbocycles. The number of benzene rings is 1. The molecule has 0 atom stereocenters. The lowest BCUT2D eigenvalue weighted by molar-refractivity contribution is 0.597. The topological polar surface area (TPSA) is 76.0 Å². The number of hydrogen-bond donors (Lipinski definition) is 2. The zero-order valence-corrected chi connectivity index (χ0v) is 12.9. The van der Waals surface area contributed by atoms with E-state index in [0.29, 0.717) is 11.5 Å². The quantitative estimate of drug-likeness (QED) is 0.892. The van der Waals surface area contributed by atoms with Gasteiger partial charge in [-0.2, -0.15) is 8.42 Å². The first-order valence-electron chi connectivity index (χ1n) is 6.81. The Morgan fingerprint density at radius 2 is 2.19 bits per heavy atom. The molecule has 0 spiro atoms. The van der Waals surface area contributed by atoms with Gasteiger partial charge in [-0.15, -0.1) is 0 Å². The van der Waals surface area contributed by atoms with Crippen LogP contribution in [-0.2, 0) is 30.0 Å². The molecule has 2 N–H and O–H groups in total. The Morgan fingerprint density at radius 1 is 1.38 bits per heavy atom. The van der Waals surface area contributed by atoms with Gasteiger partial charge in [-0.3, -0.25) is 4.72 Å². The molecule has 3 rings (SSSR count). The van der Waals surface area contributed by atoms with Gasteiger partial charge in [0, 0.05) is 19.8 Å². The molecule has 2 aromatic rings. The van der Waals surface area contributed by atoms with Crippen LogP contribution in [0, 0.1) is 6.92 Å². The van der Waals surface area contributed by atoms with Crippen molar-refractivity contribution in [3.05, 3.63) is 41.3 Å². The summed E-state index contributed by atoms with van der Waals surface area (Å²) >= 11 is 0. The summed E-state index contributed by atoms with van der Waals surface area (Å²) in [4.78, 5) is 4.09. The monoisotopic (exact) mass is 306 g/mol. The number of imidazole rings is 1. The zero-order valence-electron chi connectivity index (χ0n) is 12.0. The third kappa shape index (κ3) is 2.66. The summed E-state index contributed by atoms with van der Waals surface area (Å²) in [5.74, 6) is 0.662. The molecule has 0 radical (unpaired) electrons. The van der Waals surface area contributed by atoms with Gasteiger partial charge in [0.25, 0.3) is 10.0 Å². The van der Waals surface area contributed by atoms with Crippen molar-refractivity contribution >= 4 is 15.7 Å². The van der Waals surface area contributed by atoms with Crippen LogP contribution in [-0.4, -0.2) is 24.5 Å². The number of nitrogens with one attached hydrogen (secondary N) is 2. The first kappa shape index (κ1) is 14.1. The fourth-order valence-corrected chi connectivity index (χ4v) is 3.61. The van der Waals surface area contributed by atoms with Crippen molar-refractivity contribution in [2.45, 2.75) is 24.9 Å². The smallest absolute Gasteiger partial charge is 0.280 e. The van der Waals surface area contributed by atoms with Gasteiger partial charge >= 0.3 is 0 Å². The van der Waals surface area contributed by atoms with Crippen molar-refractivity contribution in [1.82, 2.24) is 14.9 Å². The molecule has 2 heterocycles. The molecule has 1 aliphatic heterocycles. The Balaban J connectivity index is 1.96. The van der Waals surface area contributed by atoms with Gasteiger partial charge in [0.05, 0.1) is 5.69 Å². The molecule has 112 valence electrons. The Morgan fingerprint density at radius 3 is 2.90 bits per heavy atom. The SMILES string of the molecule is Cc1nc(S(=O)(=O)Nc2cccc3c2CCNC3)cn1C. The van der Waals surface area contributed by atoms with Crippen molar-refractivity contribution in [1.29, 1.82) is 0 Å². The molecule has 0 amide bonds. The molecule has 7 heteroatoms. The van der Waals surface area contributed by atoms with Crippen molar-refractivity contribution in [2.24, 2.45) is 7.05 Å². The van der Waals surface area contributed by atoms with Gasteiger partial charge in [0.2, 0.25) is 0 Å². The molecule has 1 aliphatic rings. The highest BCUT2D eigenvalue weighted by molar-refractivity contribution is 7.92. The predicted octanol–water partition coefficient (Wildman–Crippen LogP) is 1.18. The second-order valence-corrected chi connectivity index (χ2v) is 6.84. The molecule has 0 bridgehead atoms. The summed E-state index contributed by atoms with van der Waals surface area (Å²) in [6.45, 7) is 3.40. The van der Waals surface area contributed by atoms with Crippen LogP contribution >= 0.6 is 0 Å². The number of aromatic nitrogens is 2. The van der Waals surface area contributed by atoms with Crippen LogP contribution in [0.25, 0.3) is 0 Å². The van der Waals surface area contributed by atoms with Crippen LogP contribution in [0.5, 0.6) is 0 Å². The highest BCUT2D eigenvalue weighted by Gasteiger charge is 2.21. The average Bonchev–Trinajstić information content (AvgIpc) is 2.80. The third-order valence-electron chi connectivity index (χ3n) is 3.75. The number of anilines is 1. The van der Waals surface area contributed by atoms with E-state index in [4.69, 9.17) is 0 Å². The fourth-order valence-electron chi connectivity index (χ4n) is 2.48. The van der Waals surface area contributed by atoms with Crippen LogP contribution in [0.3, 0.4) is 0 Å². The van der Waals surface area contributed by atoms with E-state index in [0.717, 1.165) is 30.6 Å². The number of nitrogens with zero attached hydrogens (tertiary/aromatic N) is 2. The molecule has 0 saturated carbocycles. The first-order valence-corrected chi connectivity index (χ1v) is 8.30. The average molecular weight is 306 g/mol. The van der Waals surface area contributed by atoms with Crippen molar-refractivity contribution < 1.29 is 8.42 Å². The minimum absolute atomic E-state index is 0.0500. The summed E-state index contributed by atoms with van der Waals surface area (Å²) in [5, 5.41) is 3.33. The number of sulfonamides is 1. The molecular weight excluding hydrogens is 288 g/mol. The van der Waals surface area contributed by atoms with E-state index in [9.17, 15) is 8.42 Å². The van der Waals surface area contributed by atoms with Gasteiger partial charge in [0.15, 0.2) is 5.03 Å². The molecule has 0 unspecified atom stereocenters. The number of aryl methyl sites for hydroxylation is 2. The van der Waals surface area contributed by atoms with Crippen molar-refractivity contribution in [2.75, 3.05) is 11.3 Å². The maximum absolute atomic E-state index is 12.5. The van der Waals surface area contributed by atoms with E-state index in [1.54, 1.807) is 24.6 Å². The highest BCUT2D eigenvalue weighted by Crippen LogP contribution is 2.25. The maximum Gasteiger partial charge on any atom is 0.280 e. The largest absolute Gasteiger partial charge is 0.337 e. The van der Waals surface area contributed by atoms with Gasteiger partial charge in [-0.25, -0.2) is 4.98 Å². The Kier molecular flexibility index (Phi) is 3.46. The fraction of sp³-hybridized carbons (Fsp3) is 0.357. The second-order valence-electron chi connectivity index (χ2n) is 5.21. The van der Waals surface area contributed by atoms with E-state index in [-0.39, 0.29) is 5.03 Å². The van der Waals surface area contributed by atoms with Gasteiger partial charge in [-0.1, -0.05) is 12.1 Å². The number of fused-ring (bicyclic) bond motifs is 1. The molecule has 6 nitrogen and oxygen atoms in total. The van der Waals surface area contributed by atoms with Crippen LogP contribution in [0.2, 0.25) is 0 Å². The summed E-state index contributed by atoms with van der Waals surface area (Å²) in [6.07, 6.45) is 2.34. The van der Waals surface area contributed by atoms with E-state index >= 15 is 0 Å². The molecule has 0 aliphatic carbocycles. The summed E-state index contributed by atoms with van der Waals surface area (Å²) in [6, 6.07) is 5.69. The lowest BCUT2D eigenvalue weighted by Crippen LogP contribution is -2.25. The normalized spacial score (nSPS) is 14.8. The van der Waals surface area contributed by atoms with Crippen LogP contribution in [0.1, 0.15) is 17.0 Å². The minimum atomic E-state index is -3.65. The first-order chi connectivity index (χ1) is 9.97. The lowest BCUT2D eigenvalue weighted by Gasteiger charge is -2.20. The predicted molar refractivity (Wildman–Crippen MR) is 80.6 cm³/mol. The molecule has 0 fully saturated rings. The van der Waals surface area contributed by atoms with Gasteiger partial charge < -0.3 is 9.88 Å². The van der Waals surface area contributed by atoms with E-state index in [1.807, 2.05) is 12.1 Å². The number of hydrogen-bond acceptors (Lipinski definition) is 4. The summed E-state index contributed by atoms with van der Waals surface area (Å²) < 4.78 is 29.3. The van der Waals surface area contributed by atoms with Gasteiger partial charge in [-0.05, 0) is 37.1 Å². The van der Waals surface area contributed by atoms with Crippen LogP contribution in [0.4, 0.5) is 5.69 Å². The van der Waals surface area contributed by atoms with E-state index in [2.05, 4.69) is 15.0 Å².